The zero-order chi connectivity index (χ0) is 18.6. The van der Waals surface area contributed by atoms with E-state index >= 15 is 0 Å². The van der Waals surface area contributed by atoms with E-state index in [1.165, 1.54) is 24.3 Å². The maximum Gasteiger partial charge on any atom is 0.251 e. The lowest BCUT2D eigenvalue weighted by Crippen LogP contribution is -2.33. The fraction of sp³-hybridized carbons (Fsp3) is 0.316. The monoisotopic (exact) mass is 373 g/mol. The molecule has 138 valence electrons. The summed E-state index contributed by atoms with van der Waals surface area (Å²) < 4.78 is 26.9. The number of nitrogens with one attached hydrogen (secondary N) is 2. The molecule has 1 amide bonds. The number of para-hydroxylation sites is 1. The number of hydrogen-bond donors (Lipinski definition) is 2. The first-order valence-corrected chi connectivity index (χ1v) is 10.1. The van der Waals surface area contributed by atoms with E-state index in [1.807, 2.05) is 37.4 Å². The van der Waals surface area contributed by atoms with Gasteiger partial charge in [0.15, 0.2) is 0 Å². The van der Waals surface area contributed by atoms with Crippen LogP contribution in [0.15, 0.2) is 59.5 Å². The molecule has 7 heteroatoms. The molecular formula is C19H23N3O3S. The van der Waals surface area contributed by atoms with Crippen LogP contribution >= 0.6 is 0 Å². The third-order valence-electron chi connectivity index (χ3n) is 4.26. The van der Waals surface area contributed by atoms with Crippen LogP contribution in [0.25, 0.3) is 0 Å². The van der Waals surface area contributed by atoms with Crippen molar-refractivity contribution in [3.05, 3.63) is 60.2 Å². The minimum Gasteiger partial charge on any atom is -0.373 e. The van der Waals surface area contributed by atoms with Crippen molar-refractivity contribution in [2.75, 3.05) is 25.0 Å². The number of hydrogen-bond acceptors (Lipinski definition) is 4. The zero-order valence-corrected chi connectivity index (χ0v) is 15.5. The average molecular weight is 373 g/mol. The minimum atomic E-state index is -3.49. The first-order valence-electron chi connectivity index (χ1n) is 8.62. The number of benzene rings is 2. The summed E-state index contributed by atoms with van der Waals surface area (Å²) in [4.78, 5) is 14.5. The molecule has 2 aromatic rings. The molecule has 0 heterocycles. The van der Waals surface area contributed by atoms with E-state index in [2.05, 4.69) is 14.9 Å². The second-order valence-electron chi connectivity index (χ2n) is 6.43. The number of likely N-dealkylation sites (N-methyl/N-ethyl adjacent to an activating group) is 1. The second-order valence-corrected chi connectivity index (χ2v) is 8.15. The molecule has 2 N–H and O–H groups in total. The Hall–Kier alpha value is -2.38. The molecule has 0 atom stereocenters. The molecule has 1 aliphatic rings. The summed E-state index contributed by atoms with van der Waals surface area (Å²) in [6, 6.07) is 16.0. The Balaban J connectivity index is 1.51. The smallest absolute Gasteiger partial charge is 0.251 e. The molecule has 0 bridgehead atoms. The Morgan fingerprint density at radius 3 is 2.35 bits per heavy atom. The predicted molar refractivity (Wildman–Crippen MR) is 102 cm³/mol. The summed E-state index contributed by atoms with van der Waals surface area (Å²) in [6.45, 7) is 1.17. The molecule has 0 aliphatic heterocycles. The van der Waals surface area contributed by atoms with Crippen molar-refractivity contribution in [3.63, 3.8) is 0 Å². The van der Waals surface area contributed by atoms with Gasteiger partial charge in [-0.3, -0.25) is 4.79 Å². The number of nitrogens with zero attached hydrogens (tertiary/aromatic N) is 1. The molecule has 3 rings (SSSR count). The SMILES string of the molecule is CN(CCNC(=O)c1ccc(S(=O)(=O)NC2CC2)cc1)c1ccccc1. The first kappa shape index (κ1) is 18.4. The van der Waals surface area contributed by atoms with Crippen LogP contribution in [0.4, 0.5) is 5.69 Å². The van der Waals surface area contributed by atoms with Gasteiger partial charge in [-0.05, 0) is 49.2 Å². The maximum atomic E-state index is 12.2. The quantitative estimate of drug-likeness (QED) is 0.742. The summed E-state index contributed by atoms with van der Waals surface area (Å²) >= 11 is 0. The molecule has 26 heavy (non-hydrogen) atoms. The molecule has 0 saturated heterocycles. The third-order valence-corrected chi connectivity index (χ3v) is 5.79. The Bertz CT molecular complexity index is 847. The van der Waals surface area contributed by atoms with Crippen LogP contribution in [0.5, 0.6) is 0 Å². The van der Waals surface area contributed by atoms with Gasteiger partial charge < -0.3 is 10.2 Å². The van der Waals surface area contributed by atoms with Gasteiger partial charge in [-0.2, -0.15) is 0 Å². The summed E-state index contributed by atoms with van der Waals surface area (Å²) in [5.74, 6) is -0.217. The van der Waals surface area contributed by atoms with Crippen LogP contribution in [0.1, 0.15) is 23.2 Å². The molecule has 2 aromatic carbocycles. The summed E-state index contributed by atoms with van der Waals surface area (Å²) in [7, 11) is -1.52. The predicted octanol–water partition coefficient (Wildman–Crippen LogP) is 1.99. The van der Waals surface area contributed by atoms with Crippen molar-refractivity contribution in [1.82, 2.24) is 10.0 Å². The van der Waals surface area contributed by atoms with Gasteiger partial charge in [-0.25, -0.2) is 13.1 Å². The van der Waals surface area contributed by atoms with Gasteiger partial charge in [0, 0.05) is 37.4 Å². The molecule has 0 spiro atoms. The van der Waals surface area contributed by atoms with Crippen LogP contribution in [0.3, 0.4) is 0 Å². The molecule has 1 saturated carbocycles. The van der Waals surface area contributed by atoms with E-state index in [1.54, 1.807) is 0 Å². The summed E-state index contributed by atoms with van der Waals surface area (Å²) in [6.07, 6.45) is 1.77. The Morgan fingerprint density at radius 2 is 1.73 bits per heavy atom. The lowest BCUT2D eigenvalue weighted by atomic mass is 10.2. The molecular weight excluding hydrogens is 350 g/mol. The molecule has 1 aliphatic carbocycles. The average Bonchev–Trinajstić information content (AvgIpc) is 3.45. The third kappa shape index (κ3) is 4.83. The highest BCUT2D eigenvalue weighted by atomic mass is 32.2. The van der Waals surface area contributed by atoms with Crippen LogP contribution in [-0.4, -0.2) is 40.5 Å². The van der Waals surface area contributed by atoms with E-state index in [0.717, 1.165) is 18.5 Å². The lowest BCUT2D eigenvalue weighted by molar-refractivity contribution is 0.0954. The van der Waals surface area contributed by atoms with Gasteiger partial charge >= 0.3 is 0 Å². The number of sulfonamides is 1. The number of carbonyl (C=O) groups excluding carboxylic acids is 1. The summed E-state index contributed by atoms with van der Waals surface area (Å²) in [5, 5.41) is 2.85. The van der Waals surface area contributed by atoms with Gasteiger partial charge in [-0.1, -0.05) is 18.2 Å². The van der Waals surface area contributed by atoms with E-state index < -0.39 is 10.0 Å². The van der Waals surface area contributed by atoms with E-state index in [0.29, 0.717) is 18.7 Å². The van der Waals surface area contributed by atoms with Crippen LogP contribution in [-0.2, 0) is 10.0 Å². The minimum absolute atomic E-state index is 0.0598. The van der Waals surface area contributed by atoms with Gasteiger partial charge in [-0.15, -0.1) is 0 Å². The highest BCUT2D eigenvalue weighted by Gasteiger charge is 2.27. The van der Waals surface area contributed by atoms with Crippen LogP contribution < -0.4 is 14.9 Å². The van der Waals surface area contributed by atoms with E-state index in [4.69, 9.17) is 0 Å². The van der Waals surface area contributed by atoms with Gasteiger partial charge in [0.1, 0.15) is 0 Å². The Kier molecular flexibility index (Phi) is 5.58. The zero-order valence-electron chi connectivity index (χ0n) is 14.7. The van der Waals surface area contributed by atoms with Crippen molar-refractivity contribution >= 4 is 21.6 Å². The van der Waals surface area contributed by atoms with Crippen LogP contribution in [0.2, 0.25) is 0 Å². The number of carbonyl (C=O) groups is 1. The maximum absolute atomic E-state index is 12.2. The first-order chi connectivity index (χ1) is 12.5. The van der Waals surface area contributed by atoms with Gasteiger partial charge in [0.25, 0.3) is 5.91 Å². The van der Waals surface area contributed by atoms with Crippen molar-refractivity contribution in [2.45, 2.75) is 23.8 Å². The van der Waals surface area contributed by atoms with Crippen molar-refractivity contribution < 1.29 is 13.2 Å². The highest BCUT2D eigenvalue weighted by molar-refractivity contribution is 7.89. The molecule has 0 radical (unpaired) electrons. The lowest BCUT2D eigenvalue weighted by Gasteiger charge is -2.19. The molecule has 6 nitrogen and oxygen atoms in total. The fourth-order valence-electron chi connectivity index (χ4n) is 2.52. The molecule has 0 unspecified atom stereocenters. The van der Waals surface area contributed by atoms with Crippen molar-refractivity contribution in [2.24, 2.45) is 0 Å². The topological polar surface area (TPSA) is 78.5 Å². The number of amides is 1. The van der Waals surface area contributed by atoms with E-state index in [9.17, 15) is 13.2 Å². The van der Waals surface area contributed by atoms with Crippen LogP contribution in [0, 0.1) is 0 Å². The second kappa shape index (κ2) is 7.88. The Labute approximate surface area is 154 Å². The molecule has 1 fully saturated rings. The largest absolute Gasteiger partial charge is 0.373 e. The highest BCUT2D eigenvalue weighted by Crippen LogP contribution is 2.22. The van der Waals surface area contributed by atoms with Crippen molar-refractivity contribution in [1.29, 1.82) is 0 Å². The standard InChI is InChI=1S/C19H23N3O3S/c1-22(17-5-3-2-4-6-17)14-13-20-19(23)15-7-11-18(12-8-15)26(24,25)21-16-9-10-16/h2-8,11-12,16,21H,9-10,13-14H2,1H3,(H,20,23). The number of rotatable bonds is 8. The van der Waals surface area contributed by atoms with E-state index in [-0.39, 0.29) is 16.8 Å². The van der Waals surface area contributed by atoms with Crippen molar-refractivity contribution in [3.8, 4) is 0 Å². The normalized spacial score (nSPS) is 14.0. The number of anilines is 1. The fourth-order valence-corrected chi connectivity index (χ4v) is 3.83. The van der Waals surface area contributed by atoms with Gasteiger partial charge in [0.05, 0.1) is 4.90 Å². The molecule has 0 aromatic heterocycles. The summed E-state index contributed by atoms with van der Waals surface area (Å²) in [5.41, 5.74) is 1.53. The Morgan fingerprint density at radius 1 is 1.08 bits per heavy atom. The van der Waals surface area contributed by atoms with Gasteiger partial charge in [0.2, 0.25) is 10.0 Å².